The van der Waals surface area contributed by atoms with Gasteiger partial charge in [0, 0.05) is 0 Å². The summed E-state index contributed by atoms with van der Waals surface area (Å²) in [6, 6.07) is 4.84. The Morgan fingerprint density at radius 1 is 1.00 bits per heavy atom. The average molecular weight is 242 g/mol. The van der Waals surface area contributed by atoms with Crippen LogP contribution in [0.3, 0.4) is 0 Å². The Labute approximate surface area is 112 Å². The normalized spacial score (nSPS) is 19.1. The molecule has 98 valence electrons. The van der Waals surface area contributed by atoms with Gasteiger partial charge in [-0.2, -0.15) is 0 Å². The van der Waals surface area contributed by atoms with Crippen LogP contribution in [-0.4, -0.2) is 0 Å². The molecule has 0 fully saturated rings. The van der Waals surface area contributed by atoms with Gasteiger partial charge in [0.15, 0.2) is 0 Å². The molecule has 1 aromatic rings. The number of rotatable bonds is 2. The molecule has 0 heteroatoms. The van der Waals surface area contributed by atoms with Crippen LogP contribution in [0, 0.1) is 25.7 Å². The zero-order valence-corrected chi connectivity index (χ0v) is 12.7. The summed E-state index contributed by atoms with van der Waals surface area (Å²) in [5, 5.41) is 0. The molecule has 0 saturated carbocycles. The summed E-state index contributed by atoms with van der Waals surface area (Å²) in [7, 11) is 0. The van der Waals surface area contributed by atoms with Gasteiger partial charge in [0.2, 0.25) is 0 Å². The first-order valence-electron chi connectivity index (χ1n) is 7.23. The van der Waals surface area contributed by atoms with Gasteiger partial charge in [-0.1, -0.05) is 45.9 Å². The van der Waals surface area contributed by atoms with Gasteiger partial charge in [0.1, 0.15) is 0 Å². The second-order valence-electron chi connectivity index (χ2n) is 6.42. The van der Waals surface area contributed by atoms with E-state index in [-0.39, 0.29) is 0 Å². The van der Waals surface area contributed by atoms with E-state index in [9.17, 15) is 0 Å². The highest BCUT2D eigenvalue weighted by atomic mass is 14.3. The molecule has 1 unspecified atom stereocenters. The second kappa shape index (κ2) is 4.91. The molecule has 0 heterocycles. The lowest BCUT2D eigenvalue weighted by Crippen LogP contribution is -2.15. The maximum absolute atomic E-state index is 2.48. The fourth-order valence-corrected chi connectivity index (χ4v) is 3.06. The SMILES string of the molecule is Cc1cc2c(cc1C)C(C(C)C)CC=C2C(C)C. The number of fused-ring (bicyclic) bond motifs is 1. The standard InChI is InChI=1S/C18H26/c1-11(2)15-7-8-16(12(3)4)18-10-14(6)13(5)9-17(15)18/h7,9-12,16H,8H2,1-6H3. The summed E-state index contributed by atoms with van der Waals surface area (Å²) < 4.78 is 0. The molecule has 0 amide bonds. The molecule has 2 rings (SSSR count). The lowest BCUT2D eigenvalue weighted by Gasteiger charge is -2.31. The summed E-state index contributed by atoms with van der Waals surface area (Å²) >= 11 is 0. The van der Waals surface area contributed by atoms with Crippen molar-refractivity contribution in [1.29, 1.82) is 0 Å². The predicted octanol–water partition coefficient (Wildman–Crippen LogP) is 5.49. The van der Waals surface area contributed by atoms with Crippen LogP contribution in [0.15, 0.2) is 18.2 Å². The minimum atomic E-state index is 0.624. The summed E-state index contributed by atoms with van der Waals surface area (Å²) in [6.07, 6.45) is 3.69. The molecule has 0 nitrogen and oxygen atoms in total. The lowest BCUT2D eigenvalue weighted by atomic mass is 9.74. The van der Waals surface area contributed by atoms with Crippen molar-refractivity contribution >= 4 is 5.57 Å². The molecule has 0 aromatic heterocycles. The van der Waals surface area contributed by atoms with E-state index in [1.54, 1.807) is 11.1 Å². The van der Waals surface area contributed by atoms with Crippen LogP contribution < -0.4 is 0 Å². The van der Waals surface area contributed by atoms with Crippen molar-refractivity contribution in [2.45, 2.75) is 53.9 Å². The first-order valence-corrected chi connectivity index (χ1v) is 7.23. The summed E-state index contributed by atoms with van der Waals surface area (Å²) in [6.45, 7) is 13.8. The Hall–Kier alpha value is -1.04. The predicted molar refractivity (Wildman–Crippen MR) is 80.9 cm³/mol. The third-order valence-electron chi connectivity index (χ3n) is 4.39. The van der Waals surface area contributed by atoms with E-state index < -0.39 is 0 Å². The molecule has 18 heavy (non-hydrogen) atoms. The van der Waals surface area contributed by atoms with Crippen molar-refractivity contribution in [3.63, 3.8) is 0 Å². The second-order valence-corrected chi connectivity index (χ2v) is 6.42. The zero-order valence-electron chi connectivity index (χ0n) is 12.7. The average Bonchev–Trinajstić information content (AvgIpc) is 2.28. The molecule has 0 N–H and O–H groups in total. The molecular weight excluding hydrogens is 216 g/mol. The van der Waals surface area contributed by atoms with Gasteiger partial charge in [-0.25, -0.2) is 0 Å². The smallest absolute Gasteiger partial charge is 0.00980 e. The van der Waals surface area contributed by atoms with Gasteiger partial charge < -0.3 is 0 Å². The number of allylic oxidation sites excluding steroid dienone is 2. The monoisotopic (exact) mass is 242 g/mol. The number of benzene rings is 1. The van der Waals surface area contributed by atoms with Gasteiger partial charge >= 0.3 is 0 Å². The van der Waals surface area contributed by atoms with E-state index in [1.165, 1.54) is 23.1 Å². The fourth-order valence-electron chi connectivity index (χ4n) is 3.06. The van der Waals surface area contributed by atoms with Crippen molar-refractivity contribution in [2.24, 2.45) is 11.8 Å². The van der Waals surface area contributed by atoms with E-state index in [0.29, 0.717) is 11.8 Å². The number of hydrogen-bond donors (Lipinski definition) is 0. The molecule has 0 aliphatic heterocycles. The van der Waals surface area contributed by atoms with E-state index >= 15 is 0 Å². The fraction of sp³-hybridized carbons (Fsp3) is 0.556. The van der Waals surface area contributed by atoms with E-state index in [0.717, 1.165) is 5.92 Å². The molecule has 0 spiro atoms. The molecule has 1 aliphatic rings. The van der Waals surface area contributed by atoms with Crippen LogP contribution in [0.2, 0.25) is 0 Å². The van der Waals surface area contributed by atoms with Crippen molar-refractivity contribution in [1.82, 2.24) is 0 Å². The maximum atomic E-state index is 2.48. The quantitative estimate of drug-likeness (QED) is 0.643. The van der Waals surface area contributed by atoms with Crippen molar-refractivity contribution < 1.29 is 0 Å². The Bertz CT molecular complexity index is 475. The Balaban J connectivity index is 2.59. The van der Waals surface area contributed by atoms with Crippen LogP contribution in [0.1, 0.15) is 62.3 Å². The van der Waals surface area contributed by atoms with Crippen LogP contribution in [0.5, 0.6) is 0 Å². The molecule has 0 radical (unpaired) electrons. The Morgan fingerprint density at radius 2 is 1.61 bits per heavy atom. The summed E-state index contributed by atoms with van der Waals surface area (Å²) in [5.74, 6) is 2.04. The highest BCUT2D eigenvalue weighted by molar-refractivity contribution is 5.73. The minimum absolute atomic E-state index is 0.624. The maximum Gasteiger partial charge on any atom is -0.00980 e. The van der Waals surface area contributed by atoms with Gasteiger partial charge in [0.05, 0.1) is 0 Å². The van der Waals surface area contributed by atoms with Gasteiger partial charge in [-0.3, -0.25) is 0 Å². The molecule has 0 saturated heterocycles. The first-order chi connectivity index (χ1) is 8.41. The zero-order chi connectivity index (χ0) is 13.4. The van der Waals surface area contributed by atoms with Gasteiger partial charge in [-0.15, -0.1) is 0 Å². The number of hydrogen-bond acceptors (Lipinski definition) is 0. The summed E-state index contributed by atoms with van der Waals surface area (Å²) in [5.41, 5.74) is 7.50. The van der Waals surface area contributed by atoms with Gasteiger partial charge in [0.25, 0.3) is 0 Å². The van der Waals surface area contributed by atoms with E-state index in [4.69, 9.17) is 0 Å². The van der Waals surface area contributed by atoms with Crippen molar-refractivity contribution in [3.05, 3.63) is 40.5 Å². The van der Waals surface area contributed by atoms with E-state index in [1.807, 2.05) is 0 Å². The highest BCUT2D eigenvalue weighted by Crippen LogP contribution is 2.42. The molecule has 1 atom stereocenters. The Kier molecular flexibility index (Phi) is 3.66. The van der Waals surface area contributed by atoms with Crippen molar-refractivity contribution in [2.75, 3.05) is 0 Å². The third kappa shape index (κ3) is 2.25. The third-order valence-corrected chi connectivity index (χ3v) is 4.39. The van der Waals surface area contributed by atoms with Crippen LogP contribution in [0.4, 0.5) is 0 Å². The minimum Gasteiger partial charge on any atom is -0.0798 e. The van der Waals surface area contributed by atoms with Crippen LogP contribution in [0.25, 0.3) is 5.57 Å². The largest absolute Gasteiger partial charge is 0.0798 e. The Morgan fingerprint density at radius 3 is 2.17 bits per heavy atom. The number of aryl methyl sites for hydroxylation is 2. The highest BCUT2D eigenvalue weighted by Gasteiger charge is 2.25. The molecule has 1 aliphatic carbocycles. The summed E-state index contributed by atoms with van der Waals surface area (Å²) in [4.78, 5) is 0. The van der Waals surface area contributed by atoms with Crippen molar-refractivity contribution in [3.8, 4) is 0 Å². The van der Waals surface area contributed by atoms with Gasteiger partial charge in [-0.05, 0) is 65.8 Å². The molecule has 1 aromatic carbocycles. The molecular formula is C18H26. The van der Waals surface area contributed by atoms with Crippen LogP contribution in [-0.2, 0) is 0 Å². The van der Waals surface area contributed by atoms with Crippen LogP contribution >= 0.6 is 0 Å². The lowest BCUT2D eigenvalue weighted by molar-refractivity contribution is 0.496. The molecule has 0 bridgehead atoms. The van der Waals surface area contributed by atoms with E-state index in [2.05, 4.69) is 59.8 Å². The first kappa shape index (κ1) is 13.4. The topological polar surface area (TPSA) is 0 Å².